The second kappa shape index (κ2) is 12.2. The van der Waals surface area contributed by atoms with Gasteiger partial charge in [0.15, 0.2) is 5.96 Å². The Morgan fingerprint density at radius 1 is 1.25 bits per heavy atom. The van der Waals surface area contributed by atoms with Gasteiger partial charge in [-0.25, -0.2) is 0 Å². The van der Waals surface area contributed by atoms with Gasteiger partial charge in [-0.05, 0) is 34.1 Å². The predicted molar refractivity (Wildman–Crippen MR) is 91.7 cm³/mol. The van der Waals surface area contributed by atoms with Crippen LogP contribution in [-0.4, -0.2) is 50.9 Å². The molecule has 0 aromatic carbocycles. The van der Waals surface area contributed by atoms with Gasteiger partial charge in [-0.1, -0.05) is 0 Å². The molecule has 0 fully saturated rings. The fourth-order valence-electron chi connectivity index (χ4n) is 1.28. The minimum atomic E-state index is -0.465. The molecular weight excluding hydrogens is 373 g/mol. The Morgan fingerprint density at radius 2 is 1.90 bits per heavy atom. The quantitative estimate of drug-likeness (QED) is 0.223. The van der Waals surface area contributed by atoms with Crippen molar-refractivity contribution in [3.8, 4) is 0 Å². The topological polar surface area (TPSA) is 72.0 Å². The molecule has 0 heterocycles. The van der Waals surface area contributed by atoms with E-state index in [-0.39, 0.29) is 36.5 Å². The van der Waals surface area contributed by atoms with Gasteiger partial charge in [-0.3, -0.25) is 9.79 Å². The summed E-state index contributed by atoms with van der Waals surface area (Å²) in [4.78, 5) is 15.5. The van der Waals surface area contributed by atoms with E-state index in [1.807, 2.05) is 27.7 Å². The van der Waals surface area contributed by atoms with Gasteiger partial charge in [-0.2, -0.15) is 0 Å². The molecule has 0 bridgehead atoms. The van der Waals surface area contributed by atoms with Gasteiger partial charge in [0.05, 0.1) is 0 Å². The zero-order valence-electron chi connectivity index (χ0n) is 13.1. The summed E-state index contributed by atoms with van der Waals surface area (Å²) < 4.78 is 10.4. The first-order valence-electron chi connectivity index (χ1n) is 6.63. The van der Waals surface area contributed by atoms with E-state index in [9.17, 15) is 4.79 Å². The molecule has 0 aliphatic carbocycles. The summed E-state index contributed by atoms with van der Waals surface area (Å²) in [6.45, 7) is 9.77. The van der Waals surface area contributed by atoms with Gasteiger partial charge in [0.2, 0.25) is 0 Å². The number of nitrogens with one attached hydrogen (secondary N) is 2. The van der Waals surface area contributed by atoms with Crippen LogP contribution in [0.15, 0.2) is 4.99 Å². The molecule has 0 amide bonds. The molecular formula is C13H28IN3O3. The molecule has 20 heavy (non-hydrogen) atoms. The molecule has 0 saturated carbocycles. The molecule has 6 nitrogen and oxygen atoms in total. The first-order valence-corrected chi connectivity index (χ1v) is 6.63. The maximum atomic E-state index is 11.5. The van der Waals surface area contributed by atoms with Crippen LogP contribution < -0.4 is 10.6 Å². The third-order valence-corrected chi connectivity index (χ3v) is 2.01. The Morgan fingerprint density at radius 3 is 2.40 bits per heavy atom. The molecule has 0 aliphatic heterocycles. The molecule has 0 aliphatic rings. The molecule has 0 atom stereocenters. The van der Waals surface area contributed by atoms with Crippen LogP contribution in [0.4, 0.5) is 0 Å². The number of rotatable bonds is 7. The van der Waals surface area contributed by atoms with Gasteiger partial charge < -0.3 is 20.1 Å². The number of carbonyl (C=O) groups is 1. The van der Waals surface area contributed by atoms with Crippen LogP contribution in [0.5, 0.6) is 0 Å². The number of hydrogen-bond acceptors (Lipinski definition) is 4. The van der Waals surface area contributed by atoms with Crippen molar-refractivity contribution in [3.63, 3.8) is 0 Å². The van der Waals surface area contributed by atoms with E-state index in [1.54, 1.807) is 7.05 Å². The number of aliphatic imine (C=N–C) groups is 1. The lowest BCUT2D eigenvalue weighted by Crippen LogP contribution is -2.42. The average molecular weight is 401 g/mol. The van der Waals surface area contributed by atoms with Crippen LogP contribution in [0.25, 0.3) is 0 Å². The van der Waals surface area contributed by atoms with Crippen LogP contribution in [0.2, 0.25) is 0 Å². The summed E-state index contributed by atoms with van der Waals surface area (Å²) in [6, 6.07) is 0. The molecule has 0 unspecified atom stereocenters. The normalized spacial score (nSPS) is 11.6. The smallest absolute Gasteiger partial charge is 0.325 e. The van der Waals surface area contributed by atoms with Crippen molar-refractivity contribution in [2.75, 3.05) is 33.4 Å². The van der Waals surface area contributed by atoms with E-state index in [4.69, 9.17) is 9.47 Å². The highest BCUT2D eigenvalue weighted by molar-refractivity contribution is 14.0. The summed E-state index contributed by atoms with van der Waals surface area (Å²) in [7, 11) is 1.66. The monoisotopic (exact) mass is 401 g/mol. The fourth-order valence-corrected chi connectivity index (χ4v) is 1.28. The number of guanidine groups is 1. The van der Waals surface area contributed by atoms with Gasteiger partial charge in [0, 0.05) is 26.8 Å². The Hall–Kier alpha value is -0.570. The van der Waals surface area contributed by atoms with Crippen LogP contribution in [0.3, 0.4) is 0 Å². The van der Waals surface area contributed by atoms with E-state index in [0.717, 1.165) is 19.6 Å². The van der Waals surface area contributed by atoms with Crippen LogP contribution in [-0.2, 0) is 14.3 Å². The van der Waals surface area contributed by atoms with Crippen LogP contribution in [0.1, 0.15) is 34.1 Å². The summed E-state index contributed by atoms with van der Waals surface area (Å²) in [5.74, 6) is 0.284. The van der Waals surface area contributed by atoms with Crippen molar-refractivity contribution in [1.29, 1.82) is 0 Å². The molecule has 0 spiro atoms. The number of carbonyl (C=O) groups excluding carboxylic acids is 1. The highest BCUT2D eigenvalue weighted by atomic mass is 127. The third kappa shape index (κ3) is 13.9. The molecule has 120 valence electrons. The number of ether oxygens (including phenoxy) is 2. The van der Waals surface area contributed by atoms with Gasteiger partial charge in [-0.15, -0.1) is 24.0 Å². The molecule has 0 radical (unpaired) electrons. The summed E-state index contributed by atoms with van der Waals surface area (Å²) >= 11 is 0. The number of nitrogens with zero attached hydrogens (tertiary/aromatic N) is 1. The molecule has 0 rings (SSSR count). The molecule has 2 N–H and O–H groups in total. The first kappa shape index (κ1) is 21.7. The minimum Gasteiger partial charge on any atom is -0.459 e. The van der Waals surface area contributed by atoms with Crippen LogP contribution >= 0.6 is 24.0 Å². The Balaban J connectivity index is 0. The van der Waals surface area contributed by atoms with Gasteiger partial charge in [0.1, 0.15) is 12.1 Å². The minimum absolute atomic E-state index is 0. The standard InChI is InChI=1S/C13H27N3O3.HI/c1-6-18-9-7-8-15-12(14-5)16-10-11(17)19-13(2,3)4;/h6-10H2,1-5H3,(H2,14,15,16);1H. The van der Waals surface area contributed by atoms with E-state index >= 15 is 0 Å². The largest absolute Gasteiger partial charge is 0.459 e. The number of halogens is 1. The average Bonchev–Trinajstić information content (AvgIpc) is 2.30. The highest BCUT2D eigenvalue weighted by Gasteiger charge is 2.16. The Labute approximate surface area is 139 Å². The first-order chi connectivity index (χ1) is 8.89. The second-order valence-electron chi connectivity index (χ2n) is 4.99. The van der Waals surface area contributed by atoms with E-state index < -0.39 is 5.60 Å². The fraction of sp³-hybridized carbons (Fsp3) is 0.846. The van der Waals surface area contributed by atoms with Gasteiger partial charge >= 0.3 is 5.97 Å². The molecule has 0 saturated heterocycles. The second-order valence-corrected chi connectivity index (χ2v) is 4.99. The zero-order valence-corrected chi connectivity index (χ0v) is 15.4. The van der Waals surface area contributed by atoms with Crippen LogP contribution in [0, 0.1) is 0 Å². The van der Waals surface area contributed by atoms with Crippen molar-refractivity contribution < 1.29 is 14.3 Å². The predicted octanol–water partition coefficient (Wildman–Crippen LogP) is 1.54. The maximum absolute atomic E-state index is 11.5. The van der Waals surface area contributed by atoms with Crippen molar-refractivity contribution in [3.05, 3.63) is 0 Å². The zero-order chi connectivity index (χ0) is 14.7. The number of esters is 1. The lowest BCUT2D eigenvalue weighted by atomic mass is 10.2. The van der Waals surface area contributed by atoms with E-state index in [2.05, 4.69) is 15.6 Å². The third-order valence-electron chi connectivity index (χ3n) is 2.01. The van der Waals surface area contributed by atoms with Crippen molar-refractivity contribution in [2.45, 2.75) is 39.7 Å². The maximum Gasteiger partial charge on any atom is 0.325 e. The molecule has 7 heteroatoms. The summed E-state index contributed by atoms with van der Waals surface area (Å²) in [6.07, 6.45) is 0.890. The lowest BCUT2D eigenvalue weighted by Gasteiger charge is -2.20. The number of hydrogen-bond donors (Lipinski definition) is 2. The highest BCUT2D eigenvalue weighted by Crippen LogP contribution is 2.05. The lowest BCUT2D eigenvalue weighted by molar-refractivity contribution is -0.153. The van der Waals surface area contributed by atoms with Crippen molar-refractivity contribution in [1.82, 2.24) is 10.6 Å². The summed E-state index contributed by atoms with van der Waals surface area (Å²) in [5.41, 5.74) is -0.465. The van der Waals surface area contributed by atoms with E-state index in [0.29, 0.717) is 12.6 Å². The van der Waals surface area contributed by atoms with Gasteiger partial charge in [0.25, 0.3) is 0 Å². The van der Waals surface area contributed by atoms with E-state index in [1.165, 1.54) is 0 Å². The van der Waals surface area contributed by atoms with Crippen molar-refractivity contribution >= 4 is 35.9 Å². The van der Waals surface area contributed by atoms with Crippen molar-refractivity contribution in [2.24, 2.45) is 4.99 Å². The molecule has 0 aromatic rings. The Kier molecular flexibility index (Phi) is 13.2. The Bertz CT molecular complexity index is 291. The summed E-state index contributed by atoms with van der Waals surface area (Å²) in [5, 5.41) is 6.00. The SMILES string of the molecule is CCOCCCNC(=NC)NCC(=O)OC(C)(C)C.I. The molecule has 0 aromatic heterocycles.